The van der Waals surface area contributed by atoms with Gasteiger partial charge in [-0.2, -0.15) is 8.78 Å². The lowest BCUT2D eigenvalue weighted by atomic mass is 10.3. The average molecular weight is 387 g/mol. The summed E-state index contributed by atoms with van der Waals surface area (Å²) in [5, 5.41) is 2.97. The van der Waals surface area contributed by atoms with Crippen molar-refractivity contribution in [3.63, 3.8) is 0 Å². The fourth-order valence-corrected chi connectivity index (χ4v) is 3.20. The van der Waals surface area contributed by atoms with Crippen LogP contribution in [0.25, 0.3) is 0 Å². The van der Waals surface area contributed by atoms with Crippen LogP contribution in [0, 0.1) is 5.82 Å². The highest BCUT2D eigenvalue weighted by molar-refractivity contribution is 9.10. The van der Waals surface area contributed by atoms with Crippen LogP contribution >= 0.6 is 38.9 Å². The van der Waals surface area contributed by atoms with Crippen molar-refractivity contribution in [2.45, 2.75) is 13.2 Å². The monoisotopic (exact) mass is 385 g/mol. The second kappa shape index (κ2) is 6.69. The largest absolute Gasteiger partial charge is 0.432 e. The van der Waals surface area contributed by atoms with Crippen LogP contribution in [-0.2, 0) is 6.54 Å². The molecular weight excluding hydrogens is 379 g/mol. The van der Waals surface area contributed by atoms with Crippen molar-refractivity contribution >= 4 is 44.6 Å². The van der Waals surface area contributed by atoms with E-state index >= 15 is 0 Å². The normalized spacial score (nSPS) is 10.9. The highest BCUT2D eigenvalue weighted by Crippen LogP contribution is 2.32. The Morgan fingerprint density at radius 3 is 2.65 bits per heavy atom. The summed E-state index contributed by atoms with van der Waals surface area (Å²) in [6.45, 7) is -2.60. The predicted octanol–water partition coefficient (Wildman–Crippen LogP) is 5.52. The Morgan fingerprint density at radius 2 is 2.10 bits per heavy atom. The first-order chi connectivity index (χ1) is 9.45. The summed E-state index contributed by atoms with van der Waals surface area (Å²) in [6, 6.07) is 5.57. The number of nitrogens with one attached hydrogen (secondary N) is 1. The van der Waals surface area contributed by atoms with E-state index in [2.05, 4.69) is 26.0 Å². The quantitative estimate of drug-likeness (QED) is 0.731. The summed E-state index contributed by atoms with van der Waals surface area (Å²) < 4.78 is 42.9. The number of hydrogen-bond acceptors (Lipinski definition) is 3. The lowest BCUT2D eigenvalue weighted by Gasteiger charge is -2.08. The molecule has 1 heterocycles. The minimum absolute atomic E-state index is 0.449. The molecule has 0 fully saturated rings. The van der Waals surface area contributed by atoms with Crippen LogP contribution in [0.2, 0.25) is 4.34 Å². The van der Waals surface area contributed by atoms with E-state index in [0.717, 1.165) is 21.5 Å². The highest BCUT2D eigenvalue weighted by Gasteiger charge is 2.10. The molecule has 0 amide bonds. The molecule has 0 unspecified atom stereocenters. The van der Waals surface area contributed by atoms with Crippen molar-refractivity contribution in [2.24, 2.45) is 0 Å². The van der Waals surface area contributed by atoms with E-state index in [1.54, 1.807) is 0 Å². The van der Waals surface area contributed by atoms with Crippen LogP contribution in [-0.4, -0.2) is 6.61 Å². The summed E-state index contributed by atoms with van der Waals surface area (Å²) in [5.74, 6) is -1.33. The number of thiophene rings is 1. The van der Waals surface area contributed by atoms with Gasteiger partial charge in [-0.25, -0.2) is 4.39 Å². The smallest absolute Gasteiger partial charge is 0.387 e. The molecule has 0 aliphatic rings. The Kier molecular flexibility index (Phi) is 5.17. The van der Waals surface area contributed by atoms with Crippen LogP contribution in [0.4, 0.5) is 18.9 Å². The summed E-state index contributed by atoms with van der Waals surface area (Å²) in [4.78, 5) is 0.954. The molecule has 108 valence electrons. The molecule has 2 aromatic rings. The SMILES string of the molecule is Fc1cc(NCc2cc(Br)c(Cl)s2)ccc1OC(F)F. The lowest BCUT2D eigenvalue weighted by molar-refractivity contribution is -0.0521. The van der Waals surface area contributed by atoms with Gasteiger partial charge >= 0.3 is 6.61 Å². The van der Waals surface area contributed by atoms with E-state index in [4.69, 9.17) is 11.6 Å². The first-order valence-electron chi connectivity index (χ1n) is 5.37. The first kappa shape index (κ1) is 15.5. The van der Waals surface area contributed by atoms with Gasteiger partial charge in [0.2, 0.25) is 0 Å². The number of hydrogen-bond donors (Lipinski definition) is 1. The second-order valence-electron chi connectivity index (χ2n) is 3.71. The van der Waals surface area contributed by atoms with Gasteiger partial charge in [0.15, 0.2) is 11.6 Å². The Hall–Kier alpha value is -0.920. The van der Waals surface area contributed by atoms with E-state index < -0.39 is 18.2 Å². The molecule has 1 aromatic heterocycles. The third-order valence-electron chi connectivity index (χ3n) is 2.31. The van der Waals surface area contributed by atoms with Crippen LogP contribution in [0.3, 0.4) is 0 Å². The van der Waals surface area contributed by atoms with Gasteiger partial charge in [-0.1, -0.05) is 11.6 Å². The third kappa shape index (κ3) is 4.04. The van der Waals surface area contributed by atoms with Gasteiger partial charge in [-0.15, -0.1) is 11.3 Å². The van der Waals surface area contributed by atoms with Gasteiger partial charge < -0.3 is 10.1 Å². The van der Waals surface area contributed by atoms with Crippen LogP contribution in [0.1, 0.15) is 4.88 Å². The Balaban J connectivity index is 2.01. The maximum absolute atomic E-state index is 13.5. The van der Waals surface area contributed by atoms with E-state index in [1.165, 1.54) is 17.4 Å². The number of rotatable bonds is 5. The number of halogens is 5. The molecule has 0 saturated heterocycles. The second-order valence-corrected chi connectivity index (χ2v) is 6.30. The van der Waals surface area contributed by atoms with Gasteiger partial charge in [0, 0.05) is 27.6 Å². The predicted molar refractivity (Wildman–Crippen MR) is 77.4 cm³/mol. The van der Waals surface area contributed by atoms with Crippen molar-refractivity contribution in [1.29, 1.82) is 0 Å². The molecule has 0 atom stereocenters. The standard InChI is InChI=1S/C12H8BrClF3NOS/c13-8-4-7(20-11(8)14)5-18-6-1-2-10(9(15)3-6)19-12(16)17/h1-4,12,18H,5H2. The highest BCUT2D eigenvalue weighted by atomic mass is 79.9. The number of alkyl halides is 2. The van der Waals surface area contributed by atoms with Gasteiger partial charge in [-0.3, -0.25) is 0 Å². The molecule has 0 aliphatic carbocycles. The van der Waals surface area contributed by atoms with Gasteiger partial charge in [-0.05, 0) is 34.1 Å². The summed E-state index contributed by atoms with van der Waals surface area (Å²) >= 11 is 10.6. The van der Waals surface area contributed by atoms with Crippen molar-refractivity contribution in [1.82, 2.24) is 0 Å². The average Bonchev–Trinajstić information content (AvgIpc) is 2.69. The molecule has 2 nitrogen and oxygen atoms in total. The van der Waals surface area contributed by atoms with Gasteiger partial charge in [0.25, 0.3) is 0 Å². The molecule has 2 rings (SSSR count). The molecule has 0 aliphatic heterocycles. The minimum Gasteiger partial charge on any atom is -0.432 e. The molecule has 0 spiro atoms. The topological polar surface area (TPSA) is 21.3 Å². The summed E-state index contributed by atoms with van der Waals surface area (Å²) in [7, 11) is 0. The lowest BCUT2D eigenvalue weighted by Crippen LogP contribution is -2.04. The zero-order valence-corrected chi connectivity index (χ0v) is 13.0. The number of anilines is 1. The number of benzene rings is 1. The van der Waals surface area contributed by atoms with Crippen LogP contribution in [0.15, 0.2) is 28.7 Å². The fourth-order valence-electron chi connectivity index (χ4n) is 1.47. The van der Waals surface area contributed by atoms with E-state index in [9.17, 15) is 13.2 Å². The van der Waals surface area contributed by atoms with Crippen molar-refractivity contribution in [2.75, 3.05) is 5.32 Å². The van der Waals surface area contributed by atoms with E-state index in [-0.39, 0.29) is 0 Å². The molecule has 8 heteroatoms. The van der Waals surface area contributed by atoms with E-state index in [1.807, 2.05) is 6.07 Å². The molecule has 0 saturated carbocycles. The van der Waals surface area contributed by atoms with Gasteiger partial charge in [0.05, 0.1) is 0 Å². The Labute approximate surface area is 130 Å². The van der Waals surface area contributed by atoms with Crippen molar-refractivity contribution in [3.05, 3.63) is 43.8 Å². The fraction of sp³-hybridized carbons (Fsp3) is 0.167. The molecule has 20 heavy (non-hydrogen) atoms. The Morgan fingerprint density at radius 1 is 1.35 bits per heavy atom. The summed E-state index contributed by atoms with van der Waals surface area (Å²) in [6.07, 6.45) is 0. The maximum atomic E-state index is 13.5. The number of ether oxygens (including phenoxy) is 1. The summed E-state index contributed by atoms with van der Waals surface area (Å²) in [5.41, 5.74) is 0.463. The molecule has 1 N–H and O–H groups in total. The minimum atomic E-state index is -3.05. The molecule has 1 aromatic carbocycles. The molecule has 0 radical (unpaired) electrons. The van der Waals surface area contributed by atoms with Crippen LogP contribution in [0.5, 0.6) is 5.75 Å². The maximum Gasteiger partial charge on any atom is 0.387 e. The van der Waals surface area contributed by atoms with Gasteiger partial charge in [0.1, 0.15) is 4.34 Å². The molecular formula is C12H8BrClF3NOS. The third-order valence-corrected chi connectivity index (χ3v) is 4.79. The van der Waals surface area contributed by atoms with Crippen LogP contribution < -0.4 is 10.1 Å². The van der Waals surface area contributed by atoms with Crippen molar-refractivity contribution in [3.8, 4) is 5.75 Å². The Bertz CT molecular complexity index is 589. The zero-order chi connectivity index (χ0) is 14.7. The first-order valence-corrected chi connectivity index (χ1v) is 7.36. The van der Waals surface area contributed by atoms with Crippen molar-refractivity contribution < 1.29 is 17.9 Å². The zero-order valence-electron chi connectivity index (χ0n) is 9.80. The van der Waals surface area contributed by atoms with E-state index in [0.29, 0.717) is 16.6 Å². The molecule has 0 bridgehead atoms.